The van der Waals surface area contributed by atoms with Crippen molar-refractivity contribution in [2.75, 3.05) is 48.5 Å². The Kier molecular flexibility index (Phi) is 6.62. The molecule has 0 saturated heterocycles. The summed E-state index contributed by atoms with van der Waals surface area (Å²) >= 11 is 0. The van der Waals surface area contributed by atoms with Gasteiger partial charge in [-0.25, -0.2) is 0 Å². The largest absolute Gasteiger partial charge is 0.493 e. The van der Waals surface area contributed by atoms with Gasteiger partial charge in [0.2, 0.25) is 5.91 Å². The number of amides is 2. The van der Waals surface area contributed by atoms with Crippen LogP contribution in [0.15, 0.2) is 42.5 Å². The molecule has 0 aliphatic carbocycles. The lowest BCUT2D eigenvalue weighted by Gasteiger charge is -2.40. The van der Waals surface area contributed by atoms with E-state index in [0.717, 1.165) is 17.7 Å². The number of likely N-dealkylation sites (N-methyl/N-ethyl adjacent to an activating group) is 2. The summed E-state index contributed by atoms with van der Waals surface area (Å²) < 4.78 is 10.8. The molecule has 2 atom stereocenters. The molecule has 1 aliphatic heterocycles. The molecular weight excluding hydrogens is 382 g/mol. The number of hydrogen-bond donors (Lipinski definition) is 1. The fourth-order valence-corrected chi connectivity index (χ4v) is 3.92. The van der Waals surface area contributed by atoms with Crippen molar-refractivity contribution in [3.63, 3.8) is 0 Å². The van der Waals surface area contributed by atoms with Crippen LogP contribution in [-0.4, -0.2) is 70.1 Å². The van der Waals surface area contributed by atoms with Gasteiger partial charge in [-0.3, -0.25) is 9.59 Å². The molecule has 2 amide bonds. The summed E-state index contributed by atoms with van der Waals surface area (Å²) in [7, 11) is 8.80. The molecule has 160 valence electrons. The SMILES string of the molecule is COc1ccc([C@@H]2[C@@H](C(=O)NCCN(C)C)c3ccccc3C(=O)N2C)cc1OC. The van der Waals surface area contributed by atoms with Crippen LogP contribution in [0.2, 0.25) is 0 Å². The summed E-state index contributed by atoms with van der Waals surface area (Å²) in [6.45, 7) is 1.26. The van der Waals surface area contributed by atoms with Crippen molar-refractivity contribution < 1.29 is 19.1 Å². The lowest BCUT2D eigenvalue weighted by atomic mass is 9.79. The molecule has 0 radical (unpaired) electrons. The van der Waals surface area contributed by atoms with E-state index in [-0.39, 0.29) is 11.8 Å². The Hall–Kier alpha value is -3.06. The van der Waals surface area contributed by atoms with E-state index in [0.29, 0.717) is 23.6 Å². The fourth-order valence-electron chi connectivity index (χ4n) is 3.92. The van der Waals surface area contributed by atoms with Gasteiger partial charge in [0, 0.05) is 25.7 Å². The molecule has 7 heteroatoms. The molecule has 0 saturated carbocycles. The molecular formula is C23H29N3O4. The molecule has 1 aliphatic rings. The Balaban J connectivity index is 2.06. The number of nitrogens with zero attached hydrogens (tertiary/aromatic N) is 2. The predicted molar refractivity (Wildman–Crippen MR) is 115 cm³/mol. The van der Waals surface area contributed by atoms with Crippen LogP contribution >= 0.6 is 0 Å². The van der Waals surface area contributed by atoms with E-state index in [1.54, 1.807) is 38.3 Å². The van der Waals surface area contributed by atoms with Gasteiger partial charge in [0.1, 0.15) is 0 Å². The lowest BCUT2D eigenvalue weighted by Crippen LogP contribution is -2.46. The molecule has 0 unspecified atom stereocenters. The molecule has 1 heterocycles. The van der Waals surface area contributed by atoms with Crippen LogP contribution in [0.25, 0.3) is 0 Å². The lowest BCUT2D eigenvalue weighted by molar-refractivity contribution is -0.124. The van der Waals surface area contributed by atoms with Crippen molar-refractivity contribution in [2.24, 2.45) is 0 Å². The van der Waals surface area contributed by atoms with E-state index >= 15 is 0 Å². The quantitative estimate of drug-likeness (QED) is 0.757. The highest BCUT2D eigenvalue weighted by Crippen LogP contribution is 2.43. The van der Waals surface area contributed by atoms with Crippen molar-refractivity contribution in [2.45, 2.75) is 12.0 Å². The van der Waals surface area contributed by atoms with Crippen molar-refractivity contribution in [3.8, 4) is 11.5 Å². The van der Waals surface area contributed by atoms with Crippen molar-refractivity contribution in [1.29, 1.82) is 0 Å². The highest BCUT2D eigenvalue weighted by atomic mass is 16.5. The average Bonchev–Trinajstić information content (AvgIpc) is 2.75. The zero-order valence-electron chi connectivity index (χ0n) is 18.1. The molecule has 7 nitrogen and oxygen atoms in total. The summed E-state index contributed by atoms with van der Waals surface area (Å²) in [4.78, 5) is 30.1. The normalized spacial score (nSPS) is 18.2. The molecule has 0 spiro atoms. The second-order valence-electron chi connectivity index (χ2n) is 7.63. The van der Waals surface area contributed by atoms with Crippen LogP contribution in [0.3, 0.4) is 0 Å². The van der Waals surface area contributed by atoms with E-state index in [4.69, 9.17) is 9.47 Å². The number of carbonyl (C=O) groups excluding carboxylic acids is 2. The van der Waals surface area contributed by atoms with Gasteiger partial charge in [-0.15, -0.1) is 0 Å². The van der Waals surface area contributed by atoms with Gasteiger partial charge >= 0.3 is 0 Å². The predicted octanol–water partition coefficient (Wildman–Crippen LogP) is 2.29. The minimum atomic E-state index is -0.538. The summed E-state index contributed by atoms with van der Waals surface area (Å²) in [5.41, 5.74) is 2.11. The summed E-state index contributed by atoms with van der Waals surface area (Å²) in [6.07, 6.45) is 0. The molecule has 0 aromatic heterocycles. The highest BCUT2D eigenvalue weighted by molar-refractivity contribution is 6.01. The first-order chi connectivity index (χ1) is 14.4. The van der Waals surface area contributed by atoms with E-state index in [2.05, 4.69) is 5.32 Å². The topological polar surface area (TPSA) is 71.1 Å². The van der Waals surface area contributed by atoms with Gasteiger partial charge in [-0.2, -0.15) is 0 Å². The van der Waals surface area contributed by atoms with E-state index < -0.39 is 12.0 Å². The second-order valence-corrected chi connectivity index (χ2v) is 7.63. The van der Waals surface area contributed by atoms with Gasteiger partial charge in [0.25, 0.3) is 5.91 Å². The third-order valence-corrected chi connectivity index (χ3v) is 5.47. The molecule has 0 fully saturated rings. The van der Waals surface area contributed by atoms with Crippen LogP contribution in [0, 0.1) is 0 Å². The van der Waals surface area contributed by atoms with Gasteiger partial charge in [0.15, 0.2) is 11.5 Å². The first-order valence-electron chi connectivity index (χ1n) is 9.89. The van der Waals surface area contributed by atoms with Crippen LogP contribution in [-0.2, 0) is 4.79 Å². The molecule has 1 N–H and O–H groups in total. The fraction of sp³-hybridized carbons (Fsp3) is 0.391. The standard InChI is InChI=1S/C23H29N3O4/c1-25(2)13-12-24-22(27)20-16-8-6-7-9-17(16)23(28)26(3)21(20)15-10-11-18(29-4)19(14-15)30-5/h6-11,14,20-21H,12-13H2,1-5H3,(H,24,27)/t20-,21+/m0/s1. The Morgan fingerprint density at radius 2 is 1.80 bits per heavy atom. The zero-order chi connectivity index (χ0) is 21.8. The maximum atomic E-state index is 13.3. The summed E-state index contributed by atoms with van der Waals surface area (Å²) in [5, 5.41) is 3.04. The molecule has 30 heavy (non-hydrogen) atoms. The average molecular weight is 412 g/mol. The second kappa shape index (κ2) is 9.17. The third-order valence-electron chi connectivity index (χ3n) is 5.47. The molecule has 2 aromatic carbocycles. The minimum Gasteiger partial charge on any atom is -0.493 e. The number of fused-ring (bicyclic) bond motifs is 1. The Morgan fingerprint density at radius 3 is 2.47 bits per heavy atom. The Bertz CT molecular complexity index is 928. The van der Waals surface area contributed by atoms with Crippen LogP contribution in [0.5, 0.6) is 11.5 Å². The third kappa shape index (κ3) is 4.11. The maximum Gasteiger partial charge on any atom is 0.254 e. The number of nitrogens with one attached hydrogen (secondary N) is 1. The maximum absolute atomic E-state index is 13.3. The minimum absolute atomic E-state index is 0.108. The first kappa shape index (κ1) is 21.6. The number of ether oxygens (including phenoxy) is 2. The van der Waals surface area contributed by atoms with Crippen LogP contribution in [0.1, 0.15) is 33.4 Å². The monoisotopic (exact) mass is 411 g/mol. The first-order valence-corrected chi connectivity index (χ1v) is 9.89. The van der Waals surface area contributed by atoms with Crippen molar-refractivity contribution in [3.05, 3.63) is 59.2 Å². The molecule has 2 aromatic rings. The number of methoxy groups -OCH3 is 2. The van der Waals surface area contributed by atoms with Crippen molar-refractivity contribution in [1.82, 2.24) is 15.1 Å². The Labute approximate surface area is 177 Å². The van der Waals surface area contributed by atoms with Gasteiger partial charge < -0.3 is 24.6 Å². The summed E-state index contributed by atoms with van der Waals surface area (Å²) in [6, 6.07) is 12.4. The number of benzene rings is 2. The Morgan fingerprint density at radius 1 is 1.10 bits per heavy atom. The van der Waals surface area contributed by atoms with Gasteiger partial charge in [-0.05, 0) is 43.4 Å². The molecule has 3 rings (SSSR count). The van der Waals surface area contributed by atoms with Gasteiger partial charge in [-0.1, -0.05) is 24.3 Å². The van der Waals surface area contributed by atoms with Gasteiger partial charge in [0.05, 0.1) is 26.2 Å². The highest BCUT2D eigenvalue weighted by Gasteiger charge is 2.42. The van der Waals surface area contributed by atoms with E-state index in [9.17, 15) is 9.59 Å². The zero-order valence-corrected chi connectivity index (χ0v) is 18.1. The summed E-state index contributed by atoms with van der Waals surface area (Å²) in [5.74, 6) is 0.398. The van der Waals surface area contributed by atoms with Crippen LogP contribution in [0.4, 0.5) is 0 Å². The van der Waals surface area contributed by atoms with E-state index in [1.165, 1.54) is 0 Å². The molecule has 0 bridgehead atoms. The van der Waals surface area contributed by atoms with Crippen molar-refractivity contribution >= 4 is 11.8 Å². The van der Waals surface area contributed by atoms with E-state index in [1.807, 2.05) is 49.3 Å². The number of rotatable bonds is 7. The van der Waals surface area contributed by atoms with Crippen LogP contribution < -0.4 is 14.8 Å². The smallest absolute Gasteiger partial charge is 0.254 e. The number of hydrogen-bond acceptors (Lipinski definition) is 5. The number of carbonyl (C=O) groups is 2.